The number of ether oxygens (including phenoxy) is 3. The van der Waals surface area contributed by atoms with E-state index in [4.69, 9.17) is 14.2 Å². The molecule has 0 bridgehead atoms. The Bertz CT molecular complexity index is 1070. The van der Waals surface area contributed by atoms with Crippen LogP contribution in [0.1, 0.15) is 12.5 Å². The molecule has 0 spiro atoms. The monoisotopic (exact) mass is 488 g/mol. The lowest BCUT2D eigenvalue weighted by molar-refractivity contribution is -0.111. The summed E-state index contributed by atoms with van der Waals surface area (Å²) in [6.07, 6.45) is 3.16. The van der Waals surface area contributed by atoms with E-state index in [0.717, 1.165) is 27.0 Å². The number of rotatable bonds is 8. The molecule has 0 saturated carbocycles. The van der Waals surface area contributed by atoms with Crippen LogP contribution >= 0.6 is 27.3 Å². The van der Waals surface area contributed by atoms with Crippen molar-refractivity contribution in [2.45, 2.75) is 6.92 Å². The Kier molecular flexibility index (Phi) is 7.48. The third-order valence-corrected chi connectivity index (χ3v) is 5.41. The molecule has 0 aliphatic rings. The second-order valence-electron chi connectivity index (χ2n) is 6.06. The van der Waals surface area contributed by atoms with Gasteiger partial charge in [-0.05, 0) is 58.8 Å². The molecular formula is C22H21BrN2O4S. The van der Waals surface area contributed by atoms with Gasteiger partial charge < -0.3 is 14.2 Å². The first kappa shape index (κ1) is 21.9. The lowest BCUT2D eigenvalue weighted by Gasteiger charge is -2.12. The molecule has 30 heavy (non-hydrogen) atoms. The van der Waals surface area contributed by atoms with Crippen molar-refractivity contribution in [3.05, 3.63) is 57.9 Å². The van der Waals surface area contributed by atoms with E-state index in [1.807, 2.05) is 48.7 Å². The molecule has 2 aromatic carbocycles. The van der Waals surface area contributed by atoms with Crippen molar-refractivity contribution in [3.63, 3.8) is 0 Å². The maximum Gasteiger partial charge on any atom is 0.250 e. The number of aromatic nitrogens is 1. The zero-order valence-electron chi connectivity index (χ0n) is 16.8. The molecule has 3 aromatic rings. The number of carbonyl (C=O) groups excluding carboxylic acids is 1. The first-order valence-corrected chi connectivity index (χ1v) is 10.8. The SMILES string of the molecule is CCOc1c(Br)cc(C=CC(=O)Nc2nc(-c3cccc(OC)c3)cs2)cc1OC. The second-order valence-corrected chi connectivity index (χ2v) is 7.77. The maximum atomic E-state index is 12.3. The molecular weight excluding hydrogens is 468 g/mol. The quantitative estimate of drug-likeness (QED) is 0.415. The zero-order valence-corrected chi connectivity index (χ0v) is 19.2. The first-order valence-electron chi connectivity index (χ1n) is 9.13. The smallest absolute Gasteiger partial charge is 0.250 e. The van der Waals surface area contributed by atoms with Crippen molar-refractivity contribution in [2.75, 3.05) is 26.1 Å². The fourth-order valence-corrected chi connectivity index (χ4v) is 3.98. The molecule has 0 aliphatic carbocycles. The van der Waals surface area contributed by atoms with Gasteiger partial charge in [0.2, 0.25) is 5.91 Å². The molecule has 156 valence electrons. The van der Waals surface area contributed by atoms with Crippen LogP contribution in [0.25, 0.3) is 17.3 Å². The van der Waals surface area contributed by atoms with Gasteiger partial charge in [0.1, 0.15) is 5.75 Å². The van der Waals surface area contributed by atoms with Gasteiger partial charge in [-0.1, -0.05) is 12.1 Å². The standard InChI is InChI=1S/C22H21BrN2O4S/c1-4-29-21-17(23)10-14(11-19(21)28-3)8-9-20(26)25-22-24-18(13-30-22)15-6-5-7-16(12-15)27-2/h5-13H,4H2,1-3H3,(H,24,25,26). The lowest BCUT2D eigenvalue weighted by atomic mass is 10.2. The number of amides is 1. The fraction of sp³-hybridized carbons (Fsp3) is 0.182. The largest absolute Gasteiger partial charge is 0.497 e. The number of hydrogen-bond donors (Lipinski definition) is 1. The molecule has 1 amide bonds. The Balaban J connectivity index is 1.69. The Hall–Kier alpha value is -2.84. The Morgan fingerprint density at radius 2 is 2.07 bits per heavy atom. The minimum Gasteiger partial charge on any atom is -0.497 e. The van der Waals surface area contributed by atoms with Crippen molar-refractivity contribution < 1.29 is 19.0 Å². The van der Waals surface area contributed by atoms with Crippen LogP contribution in [0.3, 0.4) is 0 Å². The molecule has 0 unspecified atom stereocenters. The molecule has 0 radical (unpaired) electrons. The maximum absolute atomic E-state index is 12.3. The van der Waals surface area contributed by atoms with Crippen LogP contribution in [0.5, 0.6) is 17.2 Å². The minimum atomic E-state index is -0.273. The third-order valence-electron chi connectivity index (χ3n) is 4.07. The van der Waals surface area contributed by atoms with E-state index in [1.165, 1.54) is 17.4 Å². The van der Waals surface area contributed by atoms with E-state index in [-0.39, 0.29) is 5.91 Å². The Morgan fingerprint density at radius 3 is 2.80 bits per heavy atom. The van der Waals surface area contributed by atoms with Crippen molar-refractivity contribution in [3.8, 4) is 28.5 Å². The third kappa shape index (κ3) is 5.40. The van der Waals surface area contributed by atoms with Crippen molar-refractivity contribution in [1.29, 1.82) is 0 Å². The van der Waals surface area contributed by atoms with E-state index in [0.29, 0.717) is 23.2 Å². The van der Waals surface area contributed by atoms with Gasteiger partial charge in [-0.15, -0.1) is 11.3 Å². The first-order chi connectivity index (χ1) is 14.5. The summed E-state index contributed by atoms with van der Waals surface area (Å²) in [6, 6.07) is 11.3. The van der Waals surface area contributed by atoms with E-state index < -0.39 is 0 Å². The normalized spacial score (nSPS) is 10.8. The van der Waals surface area contributed by atoms with E-state index >= 15 is 0 Å². The van der Waals surface area contributed by atoms with Crippen LogP contribution in [0.2, 0.25) is 0 Å². The number of nitrogens with one attached hydrogen (secondary N) is 1. The molecule has 0 aliphatic heterocycles. The van der Waals surface area contributed by atoms with E-state index in [2.05, 4.69) is 26.2 Å². The Morgan fingerprint density at radius 1 is 1.23 bits per heavy atom. The lowest BCUT2D eigenvalue weighted by Crippen LogP contribution is -2.07. The van der Waals surface area contributed by atoms with Crippen molar-refractivity contribution >= 4 is 44.4 Å². The van der Waals surface area contributed by atoms with E-state index in [1.54, 1.807) is 20.3 Å². The van der Waals surface area contributed by atoms with Gasteiger partial charge in [0.25, 0.3) is 0 Å². The summed E-state index contributed by atoms with van der Waals surface area (Å²) in [5.41, 5.74) is 2.50. The number of anilines is 1. The molecule has 8 heteroatoms. The number of methoxy groups -OCH3 is 2. The van der Waals surface area contributed by atoms with Crippen LogP contribution < -0.4 is 19.5 Å². The molecule has 6 nitrogen and oxygen atoms in total. The molecule has 1 heterocycles. The number of carbonyl (C=O) groups is 1. The average molecular weight is 489 g/mol. The predicted octanol–water partition coefficient (Wildman–Crippen LogP) is 5.64. The number of halogens is 1. The topological polar surface area (TPSA) is 69.7 Å². The molecule has 3 rings (SSSR count). The number of thiazole rings is 1. The zero-order chi connectivity index (χ0) is 21.5. The summed E-state index contributed by atoms with van der Waals surface area (Å²) in [6.45, 7) is 2.43. The number of benzene rings is 2. The highest BCUT2D eigenvalue weighted by atomic mass is 79.9. The highest BCUT2D eigenvalue weighted by molar-refractivity contribution is 9.10. The van der Waals surface area contributed by atoms with Crippen LogP contribution in [0, 0.1) is 0 Å². The average Bonchev–Trinajstić information content (AvgIpc) is 3.22. The summed E-state index contributed by atoms with van der Waals surface area (Å²) < 4.78 is 17.0. The summed E-state index contributed by atoms with van der Waals surface area (Å²) in [5.74, 6) is 1.71. The highest BCUT2D eigenvalue weighted by Crippen LogP contribution is 2.37. The molecule has 1 N–H and O–H groups in total. The van der Waals surface area contributed by atoms with Gasteiger partial charge in [-0.3, -0.25) is 10.1 Å². The van der Waals surface area contributed by atoms with Gasteiger partial charge >= 0.3 is 0 Å². The summed E-state index contributed by atoms with van der Waals surface area (Å²) in [7, 11) is 3.20. The summed E-state index contributed by atoms with van der Waals surface area (Å²) in [4.78, 5) is 16.8. The summed E-state index contributed by atoms with van der Waals surface area (Å²) >= 11 is 4.84. The van der Waals surface area contributed by atoms with Crippen LogP contribution in [0.15, 0.2) is 52.3 Å². The molecule has 1 aromatic heterocycles. The minimum absolute atomic E-state index is 0.273. The van der Waals surface area contributed by atoms with Gasteiger partial charge in [0.05, 0.1) is 31.0 Å². The molecule has 0 atom stereocenters. The highest BCUT2D eigenvalue weighted by Gasteiger charge is 2.11. The summed E-state index contributed by atoms with van der Waals surface area (Å²) in [5, 5.41) is 5.20. The van der Waals surface area contributed by atoms with Crippen LogP contribution in [0.4, 0.5) is 5.13 Å². The fourth-order valence-electron chi connectivity index (χ4n) is 2.69. The van der Waals surface area contributed by atoms with Crippen LogP contribution in [-0.4, -0.2) is 31.7 Å². The Labute approximate surface area is 187 Å². The number of nitrogens with zero attached hydrogens (tertiary/aromatic N) is 1. The van der Waals surface area contributed by atoms with Gasteiger partial charge in [0.15, 0.2) is 16.6 Å². The molecule has 0 fully saturated rings. The van der Waals surface area contributed by atoms with Gasteiger partial charge in [0, 0.05) is 17.0 Å². The molecule has 0 saturated heterocycles. The van der Waals surface area contributed by atoms with E-state index in [9.17, 15) is 4.79 Å². The van der Waals surface area contributed by atoms with Gasteiger partial charge in [-0.2, -0.15) is 0 Å². The number of hydrogen-bond acceptors (Lipinski definition) is 6. The van der Waals surface area contributed by atoms with Gasteiger partial charge in [-0.25, -0.2) is 4.98 Å². The van der Waals surface area contributed by atoms with Crippen molar-refractivity contribution in [2.24, 2.45) is 0 Å². The predicted molar refractivity (Wildman–Crippen MR) is 124 cm³/mol. The second kappa shape index (κ2) is 10.3. The van der Waals surface area contributed by atoms with Crippen molar-refractivity contribution in [1.82, 2.24) is 4.98 Å². The van der Waals surface area contributed by atoms with Crippen LogP contribution in [-0.2, 0) is 4.79 Å².